The Labute approximate surface area is 180 Å². The normalized spacial score (nSPS) is 17.5. The van der Waals surface area contributed by atoms with Crippen molar-refractivity contribution >= 4 is 12.1 Å². The Hall–Kier alpha value is -3.60. The molecule has 5 rings (SSSR count). The summed E-state index contributed by atoms with van der Waals surface area (Å²) in [5, 5.41) is 9.69. The monoisotopic (exact) mass is 413 g/mol. The van der Waals surface area contributed by atoms with Crippen LogP contribution in [0.1, 0.15) is 22.6 Å². The van der Waals surface area contributed by atoms with Crippen LogP contribution in [0.2, 0.25) is 0 Å². The summed E-state index contributed by atoms with van der Waals surface area (Å²) in [6.07, 6.45) is -0.0419. The second-order valence-electron chi connectivity index (χ2n) is 8.16. The molecule has 1 saturated heterocycles. The lowest BCUT2D eigenvalue weighted by Crippen LogP contribution is -2.28. The fraction of sp³-hybridized carbons (Fsp3) is 0.231. The first-order valence-electron chi connectivity index (χ1n) is 10.5. The molecule has 0 spiro atoms. The van der Waals surface area contributed by atoms with Gasteiger partial charge in [0.05, 0.1) is 12.0 Å². The van der Waals surface area contributed by atoms with Crippen LogP contribution in [0.15, 0.2) is 78.9 Å². The van der Waals surface area contributed by atoms with Gasteiger partial charge in [-0.25, -0.2) is 4.79 Å². The molecule has 0 saturated carbocycles. The Morgan fingerprint density at radius 2 is 1.48 bits per heavy atom. The van der Waals surface area contributed by atoms with Gasteiger partial charge in [0, 0.05) is 12.5 Å². The highest BCUT2D eigenvalue weighted by atomic mass is 16.6. The second-order valence-corrected chi connectivity index (χ2v) is 8.16. The van der Waals surface area contributed by atoms with Crippen molar-refractivity contribution in [3.8, 4) is 11.1 Å². The number of ether oxygens (including phenoxy) is 1. The third kappa shape index (κ3) is 3.67. The largest absolute Gasteiger partial charge is 0.481 e. The van der Waals surface area contributed by atoms with E-state index < -0.39 is 18.0 Å². The lowest BCUT2D eigenvalue weighted by atomic mass is 9.96. The van der Waals surface area contributed by atoms with Crippen LogP contribution in [0.5, 0.6) is 0 Å². The minimum Gasteiger partial charge on any atom is -0.481 e. The van der Waals surface area contributed by atoms with Crippen LogP contribution >= 0.6 is 0 Å². The number of carboxylic acids is 1. The first kappa shape index (κ1) is 19.4. The molecule has 2 aliphatic rings. The fourth-order valence-electron chi connectivity index (χ4n) is 4.64. The number of hydrogen-bond acceptors (Lipinski definition) is 3. The molecule has 0 bridgehead atoms. The Morgan fingerprint density at radius 3 is 2.10 bits per heavy atom. The van der Waals surface area contributed by atoms with Gasteiger partial charge in [-0.2, -0.15) is 0 Å². The fourth-order valence-corrected chi connectivity index (χ4v) is 4.64. The van der Waals surface area contributed by atoms with E-state index in [1.807, 2.05) is 54.6 Å². The van der Waals surface area contributed by atoms with E-state index in [0.717, 1.165) is 16.7 Å². The number of carboxylic acid groups (broad SMARTS) is 1. The van der Waals surface area contributed by atoms with Crippen molar-refractivity contribution in [1.82, 2.24) is 4.90 Å². The molecular weight excluding hydrogens is 390 g/mol. The van der Waals surface area contributed by atoms with Gasteiger partial charge in [0.2, 0.25) is 0 Å². The van der Waals surface area contributed by atoms with Gasteiger partial charge >= 0.3 is 12.1 Å². The molecule has 1 aliphatic carbocycles. The summed E-state index contributed by atoms with van der Waals surface area (Å²) in [7, 11) is 0. The van der Waals surface area contributed by atoms with Crippen LogP contribution in [0.4, 0.5) is 4.79 Å². The number of carbonyl (C=O) groups excluding carboxylic acids is 1. The first-order chi connectivity index (χ1) is 15.1. The predicted octanol–water partition coefficient (Wildman–Crippen LogP) is 4.56. The van der Waals surface area contributed by atoms with Gasteiger partial charge < -0.3 is 14.7 Å². The van der Waals surface area contributed by atoms with Gasteiger partial charge in [0.25, 0.3) is 0 Å². The van der Waals surface area contributed by atoms with Gasteiger partial charge in [0.1, 0.15) is 6.61 Å². The molecule has 1 N–H and O–H groups in total. The topological polar surface area (TPSA) is 66.6 Å². The molecule has 31 heavy (non-hydrogen) atoms. The van der Waals surface area contributed by atoms with Gasteiger partial charge in [-0.1, -0.05) is 78.9 Å². The third-order valence-electron chi connectivity index (χ3n) is 6.30. The maximum atomic E-state index is 12.7. The Morgan fingerprint density at radius 1 is 0.903 bits per heavy atom. The van der Waals surface area contributed by atoms with E-state index in [0.29, 0.717) is 13.0 Å². The van der Waals surface area contributed by atoms with Gasteiger partial charge in [0.15, 0.2) is 0 Å². The lowest BCUT2D eigenvalue weighted by molar-refractivity contribution is -0.141. The summed E-state index contributed by atoms with van der Waals surface area (Å²) in [5.74, 6) is -1.53. The molecular formula is C26H23NO4. The molecule has 0 aromatic heterocycles. The van der Waals surface area contributed by atoms with E-state index in [9.17, 15) is 14.7 Å². The van der Waals surface area contributed by atoms with Crippen LogP contribution in [-0.2, 0) is 16.0 Å². The maximum Gasteiger partial charge on any atom is 0.410 e. The first-order valence-corrected chi connectivity index (χ1v) is 10.5. The number of hydrogen-bond donors (Lipinski definition) is 1. The van der Waals surface area contributed by atoms with Crippen molar-refractivity contribution in [3.63, 3.8) is 0 Å². The molecule has 5 heteroatoms. The van der Waals surface area contributed by atoms with E-state index >= 15 is 0 Å². The van der Waals surface area contributed by atoms with Gasteiger partial charge in [-0.3, -0.25) is 4.79 Å². The van der Waals surface area contributed by atoms with Crippen molar-refractivity contribution in [1.29, 1.82) is 0 Å². The SMILES string of the molecule is O=C(O)[C@H](Cc1ccccc1)[C@@H]1CN1C(=O)OCC1c2ccccc2-c2ccccc21. The standard InChI is InChI=1S/C26H23NO4/c28-25(29)22(14-17-8-2-1-3-9-17)24-15-27(24)26(30)31-16-23-20-12-6-4-10-18(20)19-11-5-7-13-21(19)23/h1-13,22-24H,14-16H2,(H,28,29)/t22-,24+,27?/m1/s1. The van der Waals surface area contributed by atoms with E-state index in [4.69, 9.17) is 4.74 Å². The average molecular weight is 413 g/mol. The maximum absolute atomic E-state index is 12.7. The molecule has 1 heterocycles. The van der Waals surface area contributed by atoms with Crippen molar-refractivity contribution in [2.75, 3.05) is 13.2 Å². The van der Waals surface area contributed by atoms with E-state index in [-0.39, 0.29) is 18.6 Å². The van der Waals surface area contributed by atoms with Crippen molar-refractivity contribution in [2.24, 2.45) is 5.92 Å². The van der Waals surface area contributed by atoms with Crippen LogP contribution < -0.4 is 0 Å². The summed E-state index contributed by atoms with van der Waals surface area (Å²) < 4.78 is 5.67. The van der Waals surface area contributed by atoms with E-state index in [2.05, 4.69) is 24.3 Å². The van der Waals surface area contributed by atoms with Crippen LogP contribution in [0, 0.1) is 5.92 Å². The summed E-state index contributed by atoms with van der Waals surface area (Å²) in [4.78, 5) is 26.0. The van der Waals surface area contributed by atoms with Gasteiger partial charge in [-0.05, 0) is 34.2 Å². The zero-order valence-electron chi connectivity index (χ0n) is 17.0. The molecule has 3 aromatic carbocycles. The molecule has 1 amide bonds. The number of amides is 1. The minimum absolute atomic E-state index is 0.00524. The Balaban J connectivity index is 1.25. The molecule has 1 fully saturated rings. The highest BCUT2D eigenvalue weighted by Gasteiger charge is 2.48. The molecule has 0 unspecified atom stereocenters. The molecule has 3 aromatic rings. The molecule has 156 valence electrons. The Bertz CT molecular complexity index is 1080. The predicted molar refractivity (Wildman–Crippen MR) is 117 cm³/mol. The molecule has 5 nitrogen and oxygen atoms in total. The molecule has 1 aliphatic heterocycles. The lowest BCUT2D eigenvalue weighted by Gasteiger charge is -2.16. The highest BCUT2D eigenvalue weighted by molar-refractivity contribution is 5.80. The quantitative estimate of drug-likeness (QED) is 0.602. The van der Waals surface area contributed by atoms with Crippen molar-refractivity contribution in [2.45, 2.75) is 18.4 Å². The number of fused-ring (bicyclic) bond motifs is 3. The molecule has 0 radical (unpaired) electrons. The van der Waals surface area contributed by atoms with E-state index in [1.165, 1.54) is 16.0 Å². The number of benzene rings is 3. The average Bonchev–Trinajstić information content (AvgIpc) is 3.53. The number of aliphatic carboxylic acids is 1. The summed E-state index contributed by atoms with van der Waals surface area (Å²) >= 11 is 0. The van der Waals surface area contributed by atoms with Crippen LogP contribution in [0.25, 0.3) is 11.1 Å². The summed E-state index contributed by atoms with van der Waals surface area (Å²) in [6, 6.07) is 25.6. The van der Waals surface area contributed by atoms with Crippen LogP contribution in [-0.4, -0.2) is 41.3 Å². The highest BCUT2D eigenvalue weighted by Crippen LogP contribution is 2.44. The second kappa shape index (κ2) is 7.91. The van der Waals surface area contributed by atoms with E-state index in [1.54, 1.807) is 0 Å². The Kier molecular flexibility index (Phi) is 4.94. The van der Waals surface area contributed by atoms with Crippen LogP contribution in [0.3, 0.4) is 0 Å². The smallest absolute Gasteiger partial charge is 0.410 e. The zero-order chi connectivity index (χ0) is 21.4. The zero-order valence-corrected chi connectivity index (χ0v) is 17.0. The number of carbonyl (C=O) groups is 2. The van der Waals surface area contributed by atoms with Gasteiger partial charge in [-0.15, -0.1) is 0 Å². The number of rotatable bonds is 6. The molecule has 2 atom stereocenters. The van der Waals surface area contributed by atoms with Crippen molar-refractivity contribution < 1.29 is 19.4 Å². The number of nitrogens with zero attached hydrogens (tertiary/aromatic N) is 1. The summed E-state index contributed by atoms with van der Waals surface area (Å²) in [5.41, 5.74) is 5.63. The van der Waals surface area contributed by atoms with Crippen molar-refractivity contribution in [3.05, 3.63) is 95.6 Å². The minimum atomic E-state index is -0.886. The third-order valence-corrected chi connectivity index (χ3v) is 6.30. The summed E-state index contributed by atoms with van der Waals surface area (Å²) in [6.45, 7) is 0.660.